The number of nitrogens with zero attached hydrogens (tertiary/aromatic N) is 4. The summed E-state index contributed by atoms with van der Waals surface area (Å²) < 4.78 is 50.5. The predicted molar refractivity (Wildman–Crippen MR) is 119 cm³/mol. The second kappa shape index (κ2) is 8.40. The molecule has 1 fully saturated rings. The number of benzene rings is 2. The van der Waals surface area contributed by atoms with Gasteiger partial charge in [0.1, 0.15) is 17.0 Å². The number of ether oxygens (including phenoxy) is 2. The molecule has 0 saturated heterocycles. The minimum absolute atomic E-state index is 0.157. The Kier molecular flexibility index (Phi) is 5.39. The van der Waals surface area contributed by atoms with E-state index in [-0.39, 0.29) is 23.9 Å². The highest BCUT2D eigenvalue weighted by molar-refractivity contribution is 5.74. The van der Waals surface area contributed by atoms with Crippen molar-refractivity contribution in [3.05, 3.63) is 70.8 Å². The number of imidazole rings is 1. The highest BCUT2D eigenvalue weighted by Gasteiger charge is 2.31. The molecule has 8 nitrogen and oxygen atoms in total. The van der Waals surface area contributed by atoms with Gasteiger partial charge in [0.25, 0.3) is 0 Å². The van der Waals surface area contributed by atoms with E-state index >= 15 is 0 Å². The zero-order valence-corrected chi connectivity index (χ0v) is 18.0. The highest BCUT2D eigenvalue weighted by Crippen LogP contribution is 2.28. The Hall–Kier alpha value is -4.02. The summed E-state index contributed by atoms with van der Waals surface area (Å²) in [6.45, 7) is 0.157. The molecule has 0 amide bonds. The van der Waals surface area contributed by atoms with Gasteiger partial charge in [-0.3, -0.25) is 4.57 Å². The number of para-hydroxylation sites is 1. The Balaban J connectivity index is 1.66. The molecule has 2 heterocycles. The highest BCUT2D eigenvalue weighted by atomic mass is 19.4. The number of halogens is 3. The maximum Gasteiger partial charge on any atom is 0.573 e. The molecule has 2 aromatic carbocycles. The van der Waals surface area contributed by atoms with Gasteiger partial charge in [-0.1, -0.05) is 24.3 Å². The van der Waals surface area contributed by atoms with E-state index in [0.29, 0.717) is 17.2 Å². The summed E-state index contributed by atoms with van der Waals surface area (Å²) in [4.78, 5) is 22.4. The number of methoxy groups -OCH3 is 1. The van der Waals surface area contributed by atoms with Crippen LogP contribution in [0.5, 0.6) is 11.5 Å². The maximum atomic E-state index is 13.6. The smallest absolute Gasteiger partial charge is 0.496 e. The van der Waals surface area contributed by atoms with Gasteiger partial charge in [-0.2, -0.15) is 4.98 Å². The van der Waals surface area contributed by atoms with E-state index < -0.39 is 17.8 Å². The van der Waals surface area contributed by atoms with Crippen LogP contribution in [0.2, 0.25) is 0 Å². The van der Waals surface area contributed by atoms with Crippen LogP contribution in [0, 0.1) is 0 Å². The molecule has 2 aromatic heterocycles. The lowest BCUT2D eigenvalue weighted by atomic mass is 10.2. The Morgan fingerprint density at radius 2 is 1.94 bits per heavy atom. The van der Waals surface area contributed by atoms with Gasteiger partial charge < -0.3 is 14.8 Å². The van der Waals surface area contributed by atoms with E-state index in [1.165, 1.54) is 40.6 Å². The zero-order valence-electron chi connectivity index (χ0n) is 18.0. The third-order valence-electron chi connectivity index (χ3n) is 5.42. The van der Waals surface area contributed by atoms with Crippen LogP contribution < -0.4 is 20.5 Å². The number of nitrogens with one attached hydrogen (secondary N) is 1. The van der Waals surface area contributed by atoms with Gasteiger partial charge in [-0.15, -0.1) is 13.2 Å². The number of rotatable bonds is 7. The summed E-state index contributed by atoms with van der Waals surface area (Å²) in [5.74, 6) is 0.512. The normalized spacial score (nSPS) is 13.8. The van der Waals surface area contributed by atoms with Crippen molar-refractivity contribution in [1.82, 2.24) is 19.1 Å². The monoisotopic (exact) mass is 471 g/mol. The summed E-state index contributed by atoms with van der Waals surface area (Å²) in [6.07, 6.45) is -1.32. The predicted octanol–water partition coefficient (Wildman–Crippen LogP) is 4.11. The van der Waals surface area contributed by atoms with Crippen LogP contribution in [0.4, 0.5) is 19.1 Å². The molecule has 4 aromatic rings. The molecule has 34 heavy (non-hydrogen) atoms. The van der Waals surface area contributed by atoms with E-state index in [1.807, 2.05) is 18.2 Å². The van der Waals surface area contributed by atoms with E-state index in [9.17, 15) is 18.0 Å². The van der Waals surface area contributed by atoms with Gasteiger partial charge in [-0.25, -0.2) is 14.3 Å². The topological polar surface area (TPSA) is 83.2 Å². The number of anilines is 1. The SMILES string of the molecule is COc1ccccc1Cn1c(=O)n(-c2cccc(OC(F)(F)F)c2)c2nc(NC3CC3)ncc21. The fourth-order valence-electron chi connectivity index (χ4n) is 3.72. The lowest BCUT2D eigenvalue weighted by molar-refractivity contribution is -0.274. The van der Waals surface area contributed by atoms with Gasteiger partial charge >= 0.3 is 12.1 Å². The minimum atomic E-state index is -4.86. The largest absolute Gasteiger partial charge is 0.573 e. The second-order valence-corrected chi connectivity index (χ2v) is 7.88. The molecule has 5 rings (SSSR count). The molecule has 176 valence electrons. The standard InChI is InChI=1S/C23H20F3N5O3/c1-33-19-8-3-2-5-14(19)13-30-18-12-27-21(28-15-9-10-15)29-20(18)31(22(30)32)16-6-4-7-17(11-16)34-23(24,25)26/h2-8,11-12,15H,9-10,13H2,1H3,(H,27,28,29). The third-order valence-corrected chi connectivity index (χ3v) is 5.42. The molecule has 0 aliphatic heterocycles. The molecule has 1 N–H and O–H groups in total. The molecule has 1 saturated carbocycles. The number of hydrogen-bond acceptors (Lipinski definition) is 6. The van der Waals surface area contributed by atoms with Crippen LogP contribution in [0.1, 0.15) is 18.4 Å². The molecule has 0 bridgehead atoms. The number of alkyl halides is 3. The zero-order chi connectivity index (χ0) is 23.9. The summed E-state index contributed by atoms with van der Waals surface area (Å²) in [5, 5.41) is 3.19. The maximum absolute atomic E-state index is 13.6. The molecule has 0 radical (unpaired) electrons. The molecule has 0 unspecified atom stereocenters. The number of aromatic nitrogens is 4. The summed E-state index contributed by atoms with van der Waals surface area (Å²) in [6, 6.07) is 12.8. The Labute approximate surface area is 191 Å². The first-order valence-electron chi connectivity index (χ1n) is 10.6. The first kappa shape index (κ1) is 21.8. The first-order chi connectivity index (χ1) is 16.3. The second-order valence-electron chi connectivity index (χ2n) is 7.88. The third kappa shape index (κ3) is 4.41. The Bertz CT molecular complexity index is 1410. The van der Waals surface area contributed by atoms with Crippen LogP contribution in [-0.4, -0.2) is 38.6 Å². The van der Waals surface area contributed by atoms with Crippen molar-refractivity contribution in [2.24, 2.45) is 0 Å². The van der Waals surface area contributed by atoms with Crippen molar-refractivity contribution in [3.63, 3.8) is 0 Å². The van der Waals surface area contributed by atoms with Gasteiger partial charge in [0.05, 0.1) is 25.5 Å². The Morgan fingerprint density at radius 1 is 1.15 bits per heavy atom. The summed E-state index contributed by atoms with van der Waals surface area (Å²) in [5.41, 5.74) is 1.15. The lowest BCUT2D eigenvalue weighted by Crippen LogP contribution is -2.24. The van der Waals surface area contributed by atoms with Crippen LogP contribution >= 0.6 is 0 Å². The van der Waals surface area contributed by atoms with Crippen molar-refractivity contribution in [2.75, 3.05) is 12.4 Å². The van der Waals surface area contributed by atoms with Crippen molar-refractivity contribution in [1.29, 1.82) is 0 Å². The van der Waals surface area contributed by atoms with Crippen molar-refractivity contribution >= 4 is 17.1 Å². The molecular formula is C23H20F3N5O3. The molecular weight excluding hydrogens is 451 g/mol. The quantitative estimate of drug-likeness (QED) is 0.437. The van der Waals surface area contributed by atoms with Crippen LogP contribution in [0.3, 0.4) is 0 Å². The van der Waals surface area contributed by atoms with Crippen molar-refractivity contribution in [2.45, 2.75) is 31.8 Å². The van der Waals surface area contributed by atoms with Gasteiger partial charge in [0, 0.05) is 17.7 Å². The lowest BCUT2D eigenvalue weighted by Gasteiger charge is -2.10. The van der Waals surface area contributed by atoms with Gasteiger partial charge in [0.15, 0.2) is 5.65 Å². The minimum Gasteiger partial charge on any atom is -0.496 e. The molecule has 11 heteroatoms. The average molecular weight is 471 g/mol. The molecule has 0 atom stereocenters. The number of hydrogen-bond donors (Lipinski definition) is 1. The first-order valence-corrected chi connectivity index (χ1v) is 10.6. The fourth-order valence-corrected chi connectivity index (χ4v) is 3.72. The van der Waals surface area contributed by atoms with Gasteiger partial charge in [0.2, 0.25) is 5.95 Å². The Morgan fingerprint density at radius 3 is 2.68 bits per heavy atom. The van der Waals surface area contributed by atoms with Crippen LogP contribution in [0.15, 0.2) is 59.5 Å². The van der Waals surface area contributed by atoms with Gasteiger partial charge in [-0.05, 0) is 31.0 Å². The fraction of sp³-hybridized carbons (Fsp3) is 0.261. The molecule has 1 aliphatic rings. The van der Waals surface area contributed by atoms with Crippen LogP contribution in [-0.2, 0) is 6.54 Å². The summed E-state index contributed by atoms with van der Waals surface area (Å²) >= 11 is 0. The number of fused-ring (bicyclic) bond motifs is 1. The van der Waals surface area contributed by atoms with Crippen molar-refractivity contribution in [3.8, 4) is 17.2 Å². The summed E-state index contributed by atoms with van der Waals surface area (Å²) in [7, 11) is 1.54. The van der Waals surface area contributed by atoms with E-state index in [0.717, 1.165) is 24.5 Å². The molecule has 0 spiro atoms. The van der Waals surface area contributed by atoms with Crippen molar-refractivity contribution < 1.29 is 22.6 Å². The van der Waals surface area contributed by atoms with E-state index in [4.69, 9.17) is 4.74 Å². The van der Waals surface area contributed by atoms with Crippen LogP contribution in [0.25, 0.3) is 16.9 Å². The molecule has 1 aliphatic carbocycles. The average Bonchev–Trinajstić information content (AvgIpc) is 3.57. The van der Waals surface area contributed by atoms with E-state index in [2.05, 4.69) is 20.0 Å². The van der Waals surface area contributed by atoms with E-state index in [1.54, 1.807) is 6.07 Å².